The molecule has 1 aromatic carbocycles. The SMILES string of the molecule is CC1(N2CCN(Cc3nnc(-c4cccc(F)c4)s3)C(=O)C2=O)CCC1. The fraction of sp³-hybridized carbons (Fsp3) is 0.444. The van der Waals surface area contributed by atoms with Crippen LogP contribution in [0.3, 0.4) is 0 Å². The average molecular weight is 374 g/mol. The number of halogens is 1. The van der Waals surface area contributed by atoms with Crippen LogP contribution in [0, 0.1) is 5.82 Å². The van der Waals surface area contributed by atoms with Crippen molar-refractivity contribution < 1.29 is 14.0 Å². The maximum atomic E-state index is 13.4. The number of amides is 2. The first kappa shape index (κ1) is 17.1. The molecule has 2 heterocycles. The van der Waals surface area contributed by atoms with Gasteiger partial charge in [-0.05, 0) is 38.3 Å². The van der Waals surface area contributed by atoms with Gasteiger partial charge in [-0.25, -0.2) is 4.39 Å². The monoisotopic (exact) mass is 374 g/mol. The Bertz CT molecular complexity index is 864. The number of hydrogen-bond acceptors (Lipinski definition) is 5. The lowest BCUT2D eigenvalue weighted by Crippen LogP contribution is -2.63. The standard InChI is InChI=1S/C18H19FN4O2S/c1-18(6-3-7-18)23-9-8-22(16(24)17(23)25)11-14-20-21-15(26-14)12-4-2-5-13(19)10-12/h2,4-5,10H,3,6-9,11H2,1H3. The topological polar surface area (TPSA) is 66.4 Å². The van der Waals surface area contributed by atoms with Crippen molar-refractivity contribution in [3.63, 3.8) is 0 Å². The molecule has 8 heteroatoms. The van der Waals surface area contributed by atoms with Crippen molar-refractivity contribution >= 4 is 23.2 Å². The van der Waals surface area contributed by atoms with E-state index in [1.165, 1.54) is 28.4 Å². The van der Waals surface area contributed by atoms with Gasteiger partial charge in [-0.1, -0.05) is 23.5 Å². The van der Waals surface area contributed by atoms with Crippen molar-refractivity contribution in [2.24, 2.45) is 0 Å². The second kappa shape index (κ2) is 6.42. The van der Waals surface area contributed by atoms with E-state index in [0.29, 0.717) is 28.7 Å². The molecule has 0 atom stereocenters. The highest BCUT2D eigenvalue weighted by atomic mass is 32.1. The summed E-state index contributed by atoms with van der Waals surface area (Å²) in [4.78, 5) is 28.2. The third-order valence-corrected chi connectivity index (χ3v) is 6.21. The van der Waals surface area contributed by atoms with Crippen LogP contribution >= 0.6 is 11.3 Å². The van der Waals surface area contributed by atoms with Crippen molar-refractivity contribution in [3.05, 3.63) is 35.1 Å². The summed E-state index contributed by atoms with van der Waals surface area (Å²) >= 11 is 1.31. The van der Waals surface area contributed by atoms with Crippen LogP contribution in [0.25, 0.3) is 10.6 Å². The Morgan fingerprint density at radius 2 is 2.00 bits per heavy atom. The van der Waals surface area contributed by atoms with Gasteiger partial charge in [0.05, 0.1) is 6.54 Å². The van der Waals surface area contributed by atoms with Crippen LogP contribution in [-0.2, 0) is 16.1 Å². The normalized spacial score (nSPS) is 19.6. The first-order chi connectivity index (χ1) is 12.5. The van der Waals surface area contributed by atoms with Crippen LogP contribution in [0.15, 0.2) is 24.3 Å². The third kappa shape index (κ3) is 2.98. The second-order valence-corrected chi connectivity index (χ2v) is 8.11. The van der Waals surface area contributed by atoms with E-state index in [-0.39, 0.29) is 17.9 Å². The fourth-order valence-corrected chi connectivity index (χ4v) is 4.37. The first-order valence-corrected chi connectivity index (χ1v) is 9.47. The number of carbonyl (C=O) groups excluding carboxylic acids is 2. The number of benzene rings is 1. The molecular weight excluding hydrogens is 355 g/mol. The van der Waals surface area contributed by atoms with E-state index >= 15 is 0 Å². The number of nitrogens with zero attached hydrogens (tertiary/aromatic N) is 4. The predicted molar refractivity (Wildman–Crippen MR) is 94.7 cm³/mol. The van der Waals surface area contributed by atoms with E-state index in [9.17, 15) is 14.0 Å². The number of aromatic nitrogens is 2. The van der Waals surface area contributed by atoms with Crippen molar-refractivity contribution in [1.82, 2.24) is 20.0 Å². The molecule has 0 bridgehead atoms. The molecule has 0 N–H and O–H groups in total. The highest BCUT2D eigenvalue weighted by molar-refractivity contribution is 7.14. The molecule has 0 spiro atoms. The van der Waals surface area contributed by atoms with Crippen LogP contribution in [0.2, 0.25) is 0 Å². The largest absolute Gasteiger partial charge is 0.327 e. The molecule has 6 nitrogen and oxygen atoms in total. The molecule has 1 aromatic heterocycles. The Morgan fingerprint density at radius 3 is 2.69 bits per heavy atom. The summed E-state index contributed by atoms with van der Waals surface area (Å²) in [7, 11) is 0. The highest BCUT2D eigenvalue weighted by Gasteiger charge is 2.45. The van der Waals surface area contributed by atoms with Crippen molar-refractivity contribution in [2.45, 2.75) is 38.3 Å². The van der Waals surface area contributed by atoms with E-state index in [1.54, 1.807) is 17.0 Å². The van der Waals surface area contributed by atoms with Crippen LogP contribution in [0.4, 0.5) is 4.39 Å². The van der Waals surface area contributed by atoms with E-state index < -0.39 is 11.8 Å². The van der Waals surface area contributed by atoms with E-state index in [1.807, 2.05) is 6.92 Å². The quantitative estimate of drug-likeness (QED) is 0.771. The van der Waals surface area contributed by atoms with Crippen LogP contribution in [0.5, 0.6) is 0 Å². The summed E-state index contributed by atoms with van der Waals surface area (Å²) in [5.74, 6) is -1.24. The first-order valence-electron chi connectivity index (χ1n) is 8.65. The molecule has 26 heavy (non-hydrogen) atoms. The molecule has 136 valence electrons. The maximum absolute atomic E-state index is 13.4. The Kier molecular flexibility index (Phi) is 4.22. The van der Waals surface area contributed by atoms with Gasteiger partial charge >= 0.3 is 11.8 Å². The molecule has 2 aromatic rings. The minimum atomic E-state index is -0.480. The van der Waals surface area contributed by atoms with Gasteiger partial charge < -0.3 is 9.80 Å². The smallest absolute Gasteiger partial charge is 0.312 e. The summed E-state index contributed by atoms with van der Waals surface area (Å²) in [6.45, 7) is 3.35. The zero-order chi connectivity index (χ0) is 18.3. The Hall–Kier alpha value is -2.35. The zero-order valence-electron chi connectivity index (χ0n) is 14.4. The fourth-order valence-electron chi connectivity index (χ4n) is 3.52. The lowest BCUT2D eigenvalue weighted by Gasteiger charge is -2.50. The van der Waals surface area contributed by atoms with Crippen LogP contribution in [0.1, 0.15) is 31.2 Å². The molecule has 0 radical (unpaired) electrons. The van der Waals surface area contributed by atoms with Crippen molar-refractivity contribution in [3.8, 4) is 10.6 Å². The molecule has 1 saturated carbocycles. The van der Waals surface area contributed by atoms with E-state index in [4.69, 9.17) is 0 Å². The molecule has 4 rings (SSSR count). The predicted octanol–water partition coefficient (Wildman–Crippen LogP) is 2.46. The van der Waals surface area contributed by atoms with Gasteiger partial charge in [0.25, 0.3) is 0 Å². The van der Waals surface area contributed by atoms with Gasteiger partial charge in [-0.2, -0.15) is 0 Å². The summed E-state index contributed by atoms with van der Waals surface area (Å²) < 4.78 is 13.4. The lowest BCUT2D eigenvalue weighted by atomic mass is 9.76. The second-order valence-electron chi connectivity index (χ2n) is 7.05. The van der Waals surface area contributed by atoms with Gasteiger partial charge in [0.15, 0.2) is 0 Å². The number of rotatable bonds is 4. The van der Waals surface area contributed by atoms with Gasteiger partial charge in [0.2, 0.25) is 0 Å². The molecule has 1 saturated heterocycles. The number of piperazine rings is 1. The molecule has 2 amide bonds. The van der Waals surface area contributed by atoms with Gasteiger partial charge in [0.1, 0.15) is 15.8 Å². The molecule has 2 fully saturated rings. The molecule has 1 aliphatic heterocycles. The maximum Gasteiger partial charge on any atom is 0.312 e. The molecule has 0 unspecified atom stereocenters. The lowest BCUT2D eigenvalue weighted by molar-refractivity contribution is -0.163. The van der Waals surface area contributed by atoms with Gasteiger partial charge in [-0.15, -0.1) is 10.2 Å². The summed E-state index contributed by atoms with van der Waals surface area (Å²) in [5.41, 5.74) is 0.491. The van der Waals surface area contributed by atoms with Gasteiger partial charge in [0, 0.05) is 24.2 Å². The minimum Gasteiger partial charge on any atom is -0.327 e. The van der Waals surface area contributed by atoms with E-state index in [2.05, 4.69) is 10.2 Å². The van der Waals surface area contributed by atoms with Crippen molar-refractivity contribution in [1.29, 1.82) is 0 Å². The molecular formula is C18H19FN4O2S. The minimum absolute atomic E-state index is 0.161. The third-order valence-electron chi connectivity index (χ3n) is 5.26. The van der Waals surface area contributed by atoms with Crippen LogP contribution in [-0.4, -0.2) is 50.4 Å². The zero-order valence-corrected chi connectivity index (χ0v) is 15.3. The average Bonchev–Trinajstić information content (AvgIpc) is 3.06. The number of hydrogen-bond donors (Lipinski definition) is 0. The molecule has 2 aliphatic rings. The highest BCUT2D eigenvalue weighted by Crippen LogP contribution is 2.38. The van der Waals surface area contributed by atoms with Gasteiger partial charge in [-0.3, -0.25) is 9.59 Å². The van der Waals surface area contributed by atoms with E-state index in [0.717, 1.165) is 19.3 Å². The van der Waals surface area contributed by atoms with Crippen molar-refractivity contribution in [2.75, 3.05) is 13.1 Å². The summed E-state index contributed by atoms with van der Waals surface area (Å²) in [5, 5.41) is 9.41. The number of carbonyl (C=O) groups is 2. The summed E-state index contributed by atoms with van der Waals surface area (Å²) in [6, 6.07) is 6.16. The van der Waals surface area contributed by atoms with Crippen LogP contribution < -0.4 is 0 Å². The Labute approximate surface area is 154 Å². The Balaban J connectivity index is 1.45. The summed E-state index contributed by atoms with van der Waals surface area (Å²) in [6.07, 6.45) is 3.02. The Morgan fingerprint density at radius 1 is 1.19 bits per heavy atom. The molecule has 1 aliphatic carbocycles.